The standard InChI is InChI=1S/C23H42O/c24-23(21-17-13-9-5-1-2-6-10-14-18-21)22-19-15-11-7-3-4-8-12-16-20-22/h21-22H,1-20H2. The molecule has 0 aromatic heterocycles. The fourth-order valence-corrected chi connectivity index (χ4v) is 4.88. The highest BCUT2D eigenvalue weighted by Crippen LogP contribution is 2.29. The lowest BCUT2D eigenvalue weighted by Crippen LogP contribution is -2.24. The van der Waals surface area contributed by atoms with Crippen LogP contribution in [0.5, 0.6) is 0 Å². The lowest BCUT2D eigenvalue weighted by molar-refractivity contribution is -0.127. The van der Waals surface area contributed by atoms with Crippen LogP contribution in [-0.4, -0.2) is 5.78 Å². The molecule has 0 aliphatic heterocycles. The van der Waals surface area contributed by atoms with Crippen LogP contribution in [0, 0.1) is 11.8 Å². The smallest absolute Gasteiger partial charge is 0.139 e. The topological polar surface area (TPSA) is 17.1 Å². The summed E-state index contributed by atoms with van der Waals surface area (Å²) in [6, 6.07) is 0. The van der Waals surface area contributed by atoms with Crippen molar-refractivity contribution < 1.29 is 4.79 Å². The van der Waals surface area contributed by atoms with E-state index >= 15 is 0 Å². The summed E-state index contributed by atoms with van der Waals surface area (Å²) in [5, 5.41) is 0. The van der Waals surface area contributed by atoms with Crippen molar-refractivity contribution in [3.63, 3.8) is 0 Å². The number of hydrogen-bond donors (Lipinski definition) is 0. The molecular weight excluding hydrogens is 292 g/mol. The van der Waals surface area contributed by atoms with E-state index in [0.29, 0.717) is 17.6 Å². The molecule has 0 amide bonds. The third-order valence-corrected chi connectivity index (χ3v) is 6.52. The van der Waals surface area contributed by atoms with Crippen LogP contribution in [0.3, 0.4) is 0 Å². The number of rotatable bonds is 2. The molecule has 0 aromatic carbocycles. The van der Waals surface area contributed by atoms with Gasteiger partial charge in [-0.25, -0.2) is 0 Å². The first kappa shape index (κ1) is 20.0. The van der Waals surface area contributed by atoms with Gasteiger partial charge in [0.25, 0.3) is 0 Å². The number of hydrogen-bond acceptors (Lipinski definition) is 1. The molecule has 0 saturated heterocycles. The van der Waals surface area contributed by atoms with Crippen LogP contribution in [-0.2, 0) is 4.79 Å². The summed E-state index contributed by atoms with van der Waals surface area (Å²) in [5.41, 5.74) is 0. The molecule has 2 aliphatic rings. The van der Waals surface area contributed by atoms with E-state index in [1.54, 1.807) is 0 Å². The zero-order chi connectivity index (χ0) is 16.9. The van der Waals surface area contributed by atoms with E-state index in [2.05, 4.69) is 0 Å². The maximum Gasteiger partial charge on any atom is 0.139 e. The van der Waals surface area contributed by atoms with Crippen molar-refractivity contribution >= 4 is 5.78 Å². The van der Waals surface area contributed by atoms with E-state index in [4.69, 9.17) is 0 Å². The van der Waals surface area contributed by atoms with E-state index in [1.807, 2.05) is 0 Å². The predicted molar refractivity (Wildman–Crippen MR) is 104 cm³/mol. The average molecular weight is 335 g/mol. The van der Waals surface area contributed by atoms with Crippen LogP contribution in [0.15, 0.2) is 0 Å². The molecule has 0 bridgehead atoms. The summed E-state index contributed by atoms with van der Waals surface area (Å²) in [4.78, 5) is 13.3. The molecule has 2 rings (SSSR count). The normalized spacial score (nSPS) is 25.3. The predicted octanol–water partition coefficient (Wildman–Crippen LogP) is 7.62. The van der Waals surface area contributed by atoms with Gasteiger partial charge in [-0.05, 0) is 25.7 Å². The van der Waals surface area contributed by atoms with Gasteiger partial charge in [0.05, 0.1) is 0 Å². The van der Waals surface area contributed by atoms with Crippen molar-refractivity contribution in [1.29, 1.82) is 0 Å². The Hall–Kier alpha value is -0.330. The highest BCUT2D eigenvalue weighted by molar-refractivity contribution is 5.83. The lowest BCUT2D eigenvalue weighted by atomic mass is 9.81. The molecule has 2 fully saturated rings. The van der Waals surface area contributed by atoms with Gasteiger partial charge in [0, 0.05) is 11.8 Å². The highest BCUT2D eigenvalue weighted by atomic mass is 16.1. The SMILES string of the molecule is O=C(C1CCCCCCCCCC1)C1CCCCCCCCCC1. The molecule has 0 atom stereocenters. The maximum atomic E-state index is 13.3. The Bertz CT molecular complexity index is 268. The van der Waals surface area contributed by atoms with Gasteiger partial charge in [-0.15, -0.1) is 0 Å². The molecule has 2 saturated carbocycles. The zero-order valence-electron chi connectivity index (χ0n) is 16.2. The minimum atomic E-state index is 0.401. The van der Waals surface area contributed by atoms with Gasteiger partial charge < -0.3 is 0 Å². The molecule has 1 heteroatoms. The first-order valence-electron chi connectivity index (χ1n) is 11.4. The number of carbonyl (C=O) groups is 1. The van der Waals surface area contributed by atoms with Gasteiger partial charge >= 0.3 is 0 Å². The second-order valence-corrected chi connectivity index (χ2v) is 8.61. The monoisotopic (exact) mass is 334 g/mol. The molecule has 0 unspecified atom stereocenters. The molecule has 1 nitrogen and oxygen atoms in total. The Balaban J connectivity index is 1.87. The maximum absolute atomic E-state index is 13.3. The van der Waals surface area contributed by atoms with Crippen LogP contribution in [0.25, 0.3) is 0 Å². The van der Waals surface area contributed by atoms with E-state index in [1.165, 1.54) is 128 Å². The van der Waals surface area contributed by atoms with Crippen molar-refractivity contribution in [3.05, 3.63) is 0 Å². The summed E-state index contributed by atoms with van der Waals surface area (Å²) in [7, 11) is 0. The first-order chi connectivity index (χ1) is 11.9. The van der Waals surface area contributed by atoms with Crippen molar-refractivity contribution in [2.75, 3.05) is 0 Å². The average Bonchev–Trinajstić information content (AvgIpc) is 2.70. The first-order valence-corrected chi connectivity index (χ1v) is 11.4. The van der Waals surface area contributed by atoms with Crippen molar-refractivity contribution in [2.45, 2.75) is 128 Å². The zero-order valence-corrected chi connectivity index (χ0v) is 16.2. The van der Waals surface area contributed by atoms with Gasteiger partial charge in [-0.2, -0.15) is 0 Å². The van der Waals surface area contributed by atoms with E-state index in [0.717, 1.165) is 0 Å². The molecule has 2 aliphatic carbocycles. The summed E-state index contributed by atoms with van der Waals surface area (Å²) < 4.78 is 0. The Morgan fingerprint density at radius 1 is 0.375 bits per heavy atom. The molecule has 0 N–H and O–H groups in total. The summed E-state index contributed by atoms with van der Waals surface area (Å²) in [5.74, 6) is 1.48. The quantitative estimate of drug-likeness (QED) is 0.507. The van der Waals surface area contributed by atoms with Crippen LogP contribution < -0.4 is 0 Å². The number of carbonyl (C=O) groups excluding carboxylic acids is 1. The Kier molecular flexibility index (Phi) is 10.8. The highest BCUT2D eigenvalue weighted by Gasteiger charge is 2.26. The van der Waals surface area contributed by atoms with Crippen molar-refractivity contribution in [1.82, 2.24) is 0 Å². The summed E-state index contributed by atoms with van der Waals surface area (Å²) in [6.07, 6.45) is 26.6. The fourth-order valence-electron chi connectivity index (χ4n) is 4.88. The Labute approximate surface area is 151 Å². The van der Waals surface area contributed by atoms with Gasteiger partial charge in [0.2, 0.25) is 0 Å². The van der Waals surface area contributed by atoms with Gasteiger partial charge in [-0.1, -0.05) is 103 Å². The van der Waals surface area contributed by atoms with Crippen molar-refractivity contribution in [2.24, 2.45) is 11.8 Å². The molecule has 0 radical (unpaired) electrons. The molecule has 0 heterocycles. The van der Waals surface area contributed by atoms with Crippen LogP contribution >= 0.6 is 0 Å². The van der Waals surface area contributed by atoms with Gasteiger partial charge in [0.15, 0.2) is 0 Å². The largest absolute Gasteiger partial charge is 0.299 e. The summed E-state index contributed by atoms with van der Waals surface area (Å²) in [6.45, 7) is 0. The van der Waals surface area contributed by atoms with Crippen LogP contribution in [0.2, 0.25) is 0 Å². The molecule has 24 heavy (non-hydrogen) atoms. The van der Waals surface area contributed by atoms with E-state index < -0.39 is 0 Å². The van der Waals surface area contributed by atoms with E-state index in [-0.39, 0.29) is 0 Å². The Morgan fingerprint density at radius 2 is 0.583 bits per heavy atom. The molecular formula is C23H42O. The lowest BCUT2D eigenvalue weighted by Gasteiger charge is -2.23. The van der Waals surface area contributed by atoms with Crippen LogP contribution in [0.4, 0.5) is 0 Å². The Morgan fingerprint density at radius 3 is 0.833 bits per heavy atom. The van der Waals surface area contributed by atoms with Gasteiger partial charge in [-0.3, -0.25) is 4.79 Å². The second kappa shape index (κ2) is 13.0. The number of ketones is 1. The van der Waals surface area contributed by atoms with Crippen molar-refractivity contribution in [3.8, 4) is 0 Å². The minimum Gasteiger partial charge on any atom is -0.299 e. The third kappa shape index (κ3) is 8.17. The van der Waals surface area contributed by atoms with Gasteiger partial charge in [0.1, 0.15) is 5.78 Å². The second-order valence-electron chi connectivity index (χ2n) is 8.61. The summed E-state index contributed by atoms with van der Waals surface area (Å²) >= 11 is 0. The number of Topliss-reactive ketones (excluding diaryl/α,β-unsaturated/α-hetero) is 1. The molecule has 0 aromatic rings. The molecule has 0 spiro atoms. The third-order valence-electron chi connectivity index (χ3n) is 6.52. The fraction of sp³-hybridized carbons (Fsp3) is 0.957. The minimum absolute atomic E-state index is 0.401. The van der Waals surface area contributed by atoms with E-state index in [9.17, 15) is 4.79 Å². The molecule has 140 valence electrons. The van der Waals surface area contributed by atoms with Crippen LogP contribution in [0.1, 0.15) is 128 Å².